The molecule has 4 heteroatoms. The zero-order valence-electron chi connectivity index (χ0n) is 23.1. The van der Waals surface area contributed by atoms with Crippen LogP contribution in [-0.4, -0.2) is 11.4 Å². The molecule has 0 aliphatic carbocycles. The van der Waals surface area contributed by atoms with Crippen molar-refractivity contribution in [2.24, 2.45) is 10.2 Å². The SMILES string of the molecule is CC(=NN(Cc1ccc(CN(N=C(C)c2ccccc2)c2ccccc2)cc1)c1ccccc1)c1ccccc1. The highest BCUT2D eigenvalue weighted by atomic mass is 15.5. The zero-order valence-corrected chi connectivity index (χ0v) is 23.1. The highest BCUT2D eigenvalue weighted by molar-refractivity contribution is 5.99. The van der Waals surface area contributed by atoms with Gasteiger partial charge in [-0.15, -0.1) is 0 Å². The topological polar surface area (TPSA) is 31.2 Å². The van der Waals surface area contributed by atoms with Gasteiger partial charge < -0.3 is 0 Å². The third-order valence-corrected chi connectivity index (χ3v) is 6.72. The molecule has 0 aromatic heterocycles. The molecule has 0 amide bonds. The third kappa shape index (κ3) is 7.12. The summed E-state index contributed by atoms with van der Waals surface area (Å²) in [4.78, 5) is 0. The Bertz CT molecular complexity index is 1410. The van der Waals surface area contributed by atoms with Gasteiger partial charge in [-0.05, 0) is 60.4 Å². The van der Waals surface area contributed by atoms with E-state index < -0.39 is 0 Å². The minimum absolute atomic E-state index is 0.669. The van der Waals surface area contributed by atoms with Crippen LogP contribution >= 0.6 is 0 Å². The Labute approximate surface area is 237 Å². The van der Waals surface area contributed by atoms with E-state index in [4.69, 9.17) is 10.2 Å². The molecule has 5 aromatic rings. The summed E-state index contributed by atoms with van der Waals surface area (Å²) in [6, 6.07) is 50.0. The van der Waals surface area contributed by atoms with Crippen molar-refractivity contribution in [2.45, 2.75) is 26.9 Å². The molecule has 0 atom stereocenters. The lowest BCUT2D eigenvalue weighted by Crippen LogP contribution is -2.19. The van der Waals surface area contributed by atoms with Gasteiger partial charge in [0.05, 0.1) is 35.9 Å². The Hall–Kier alpha value is -4.96. The number of para-hydroxylation sites is 2. The molecule has 198 valence electrons. The zero-order chi connectivity index (χ0) is 27.6. The summed E-state index contributed by atoms with van der Waals surface area (Å²) in [5.74, 6) is 0. The van der Waals surface area contributed by atoms with Gasteiger partial charge in [-0.2, -0.15) is 10.2 Å². The highest BCUT2D eigenvalue weighted by Gasteiger charge is 2.11. The first kappa shape index (κ1) is 26.6. The standard InChI is InChI=1S/C36H34N4/c1-29(33-15-7-3-8-16-33)37-39(35-19-11-5-12-20-35)27-31-23-25-32(26-24-31)28-40(36-21-13-6-14-22-36)38-30(2)34-17-9-4-10-18-34/h3-26H,27-28H2,1-2H3. The van der Waals surface area contributed by atoms with Gasteiger partial charge in [0, 0.05) is 0 Å². The minimum atomic E-state index is 0.669. The molecule has 0 fully saturated rings. The predicted molar refractivity (Wildman–Crippen MR) is 169 cm³/mol. The Morgan fingerprint density at radius 2 is 0.725 bits per heavy atom. The number of benzene rings is 5. The van der Waals surface area contributed by atoms with Crippen LogP contribution in [0.15, 0.2) is 156 Å². The minimum Gasteiger partial charge on any atom is -0.261 e. The van der Waals surface area contributed by atoms with Crippen LogP contribution in [0.2, 0.25) is 0 Å². The van der Waals surface area contributed by atoms with Gasteiger partial charge in [-0.1, -0.05) is 121 Å². The second-order valence-corrected chi connectivity index (χ2v) is 9.71. The molecule has 0 unspecified atom stereocenters. The van der Waals surface area contributed by atoms with Gasteiger partial charge in [0.1, 0.15) is 0 Å². The molecule has 0 saturated carbocycles. The lowest BCUT2D eigenvalue weighted by Gasteiger charge is -2.22. The quantitative estimate of drug-likeness (QED) is 0.136. The van der Waals surface area contributed by atoms with Gasteiger partial charge in [0.2, 0.25) is 0 Å². The van der Waals surface area contributed by atoms with E-state index >= 15 is 0 Å². The van der Waals surface area contributed by atoms with E-state index in [1.54, 1.807) is 0 Å². The van der Waals surface area contributed by atoms with E-state index in [1.165, 1.54) is 11.1 Å². The van der Waals surface area contributed by atoms with Crippen LogP contribution in [0.25, 0.3) is 0 Å². The number of hydrogen-bond acceptors (Lipinski definition) is 4. The summed E-state index contributed by atoms with van der Waals surface area (Å²) in [7, 11) is 0. The first-order chi connectivity index (χ1) is 19.7. The first-order valence-corrected chi connectivity index (χ1v) is 13.6. The molecule has 0 radical (unpaired) electrons. The molecule has 40 heavy (non-hydrogen) atoms. The fraction of sp³-hybridized carbons (Fsp3) is 0.111. The predicted octanol–water partition coefficient (Wildman–Crippen LogP) is 8.55. The molecule has 5 rings (SSSR count). The highest BCUT2D eigenvalue weighted by Crippen LogP contribution is 2.21. The van der Waals surface area contributed by atoms with Gasteiger partial charge in [-0.25, -0.2) is 0 Å². The van der Waals surface area contributed by atoms with Crippen LogP contribution in [0.1, 0.15) is 36.1 Å². The number of nitrogens with zero attached hydrogens (tertiary/aromatic N) is 4. The number of rotatable bonds is 10. The van der Waals surface area contributed by atoms with Crippen molar-refractivity contribution < 1.29 is 0 Å². The Morgan fingerprint density at radius 3 is 1.05 bits per heavy atom. The fourth-order valence-electron chi connectivity index (χ4n) is 4.50. The van der Waals surface area contributed by atoms with Gasteiger partial charge in [-0.3, -0.25) is 10.0 Å². The first-order valence-electron chi connectivity index (χ1n) is 13.6. The van der Waals surface area contributed by atoms with E-state index in [0.29, 0.717) is 13.1 Å². The summed E-state index contributed by atoms with van der Waals surface area (Å²) >= 11 is 0. The van der Waals surface area contributed by atoms with Gasteiger partial charge >= 0.3 is 0 Å². The van der Waals surface area contributed by atoms with Crippen LogP contribution in [-0.2, 0) is 13.1 Å². The molecule has 4 nitrogen and oxygen atoms in total. The maximum absolute atomic E-state index is 5.01. The van der Waals surface area contributed by atoms with Crippen LogP contribution in [0.4, 0.5) is 11.4 Å². The van der Waals surface area contributed by atoms with Crippen molar-refractivity contribution in [3.05, 3.63) is 168 Å². The second-order valence-electron chi connectivity index (χ2n) is 9.71. The monoisotopic (exact) mass is 522 g/mol. The third-order valence-electron chi connectivity index (χ3n) is 6.72. The van der Waals surface area contributed by atoms with E-state index in [-0.39, 0.29) is 0 Å². The van der Waals surface area contributed by atoms with E-state index in [1.807, 2.05) is 48.5 Å². The summed E-state index contributed by atoms with van der Waals surface area (Å²) in [6.07, 6.45) is 0. The summed E-state index contributed by atoms with van der Waals surface area (Å²) in [5.41, 5.74) is 8.68. The normalized spacial score (nSPS) is 11.8. The Balaban J connectivity index is 1.37. The van der Waals surface area contributed by atoms with Crippen LogP contribution in [0.3, 0.4) is 0 Å². The molecule has 0 aliphatic heterocycles. The van der Waals surface area contributed by atoms with Crippen molar-refractivity contribution >= 4 is 22.8 Å². The van der Waals surface area contributed by atoms with Crippen molar-refractivity contribution in [1.29, 1.82) is 0 Å². The van der Waals surface area contributed by atoms with Crippen molar-refractivity contribution in [1.82, 2.24) is 0 Å². The molecular weight excluding hydrogens is 488 g/mol. The fourth-order valence-corrected chi connectivity index (χ4v) is 4.50. The van der Waals surface area contributed by atoms with Crippen LogP contribution in [0, 0.1) is 0 Å². The molecule has 0 heterocycles. The Morgan fingerprint density at radius 1 is 0.425 bits per heavy atom. The summed E-state index contributed by atoms with van der Waals surface area (Å²) in [6.45, 7) is 5.46. The maximum Gasteiger partial charge on any atom is 0.0666 e. The van der Waals surface area contributed by atoms with Crippen LogP contribution in [0.5, 0.6) is 0 Å². The largest absolute Gasteiger partial charge is 0.261 e. The number of hydrazone groups is 2. The maximum atomic E-state index is 5.01. The molecule has 0 saturated heterocycles. The van der Waals surface area contributed by atoms with E-state index in [2.05, 4.69) is 121 Å². The molecular formula is C36H34N4. The average Bonchev–Trinajstić information content (AvgIpc) is 3.03. The average molecular weight is 523 g/mol. The Kier molecular flexibility index (Phi) is 8.80. The molecule has 0 spiro atoms. The number of hydrogen-bond donors (Lipinski definition) is 0. The number of anilines is 2. The summed E-state index contributed by atoms with van der Waals surface area (Å²) < 4.78 is 0. The summed E-state index contributed by atoms with van der Waals surface area (Å²) in [5, 5.41) is 14.2. The van der Waals surface area contributed by atoms with Gasteiger partial charge in [0.15, 0.2) is 0 Å². The van der Waals surface area contributed by atoms with E-state index in [9.17, 15) is 0 Å². The second kappa shape index (κ2) is 13.2. The van der Waals surface area contributed by atoms with Crippen molar-refractivity contribution in [3.63, 3.8) is 0 Å². The lowest BCUT2D eigenvalue weighted by atomic mass is 10.1. The van der Waals surface area contributed by atoms with Gasteiger partial charge in [0.25, 0.3) is 0 Å². The van der Waals surface area contributed by atoms with Crippen molar-refractivity contribution in [2.75, 3.05) is 10.0 Å². The molecule has 0 aliphatic rings. The smallest absolute Gasteiger partial charge is 0.0666 e. The van der Waals surface area contributed by atoms with Crippen LogP contribution < -0.4 is 10.0 Å². The lowest BCUT2D eigenvalue weighted by molar-refractivity contribution is 0.841. The van der Waals surface area contributed by atoms with E-state index in [0.717, 1.165) is 33.9 Å². The van der Waals surface area contributed by atoms with Crippen molar-refractivity contribution in [3.8, 4) is 0 Å². The molecule has 5 aromatic carbocycles. The molecule has 0 N–H and O–H groups in total. The molecule has 0 bridgehead atoms.